The molecule has 0 spiro atoms. The highest BCUT2D eigenvalue weighted by Gasteiger charge is 2.10. The molecule has 8 heteroatoms. The molecular formula is C12H14BrN5O2. The predicted molar refractivity (Wildman–Crippen MR) is 77.6 cm³/mol. The van der Waals surface area contributed by atoms with Crippen LogP contribution in [0.5, 0.6) is 17.8 Å². The zero-order valence-electron chi connectivity index (χ0n) is 11.0. The van der Waals surface area contributed by atoms with Crippen LogP contribution in [-0.2, 0) is 0 Å². The van der Waals surface area contributed by atoms with Crippen molar-refractivity contribution >= 4 is 21.9 Å². The second-order valence-electron chi connectivity index (χ2n) is 4.09. The molecule has 106 valence electrons. The van der Waals surface area contributed by atoms with Crippen molar-refractivity contribution in [3.8, 4) is 17.8 Å². The van der Waals surface area contributed by atoms with Gasteiger partial charge in [-0.15, -0.1) is 4.98 Å². The van der Waals surface area contributed by atoms with E-state index in [0.29, 0.717) is 5.75 Å². The number of nitrogens with zero attached hydrogens (tertiary/aromatic N) is 3. The van der Waals surface area contributed by atoms with Crippen LogP contribution in [-0.4, -0.2) is 21.1 Å². The van der Waals surface area contributed by atoms with Crippen molar-refractivity contribution in [2.45, 2.75) is 20.0 Å². The number of nitrogens with two attached hydrogens (primary N) is 1. The maximum Gasteiger partial charge on any atom is 0.330 e. The van der Waals surface area contributed by atoms with E-state index in [4.69, 9.17) is 15.3 Å². The summed E-state index contributed by atoms with van der Waals surface area (Å²) in [5, 5.41) is 0. The van der Waals surface area contributed by atoms with E-state index in [1.807, 2.05) is 26.0 Å². The average Bonchev–Trinajstić information content (AvgIpc) is 2.37. The van der Waals surface area contributed by atoms with Gasteiger partial charge in [-0.05, 0) is 32.0 Å². The minimum Gasteiger partial charge on any atom is -0.461 e. The molecule has 0 aliphatic heterocycles. The van der Waals surface area contributed by atoms with Gasteiger partial charge in [0.2, 0.25) is 5.95 Å². The fourth-order valence-electron chi connectivity index (χ4n) is 1.35. The average molecular weight is 340 g/mol. The Hall–Kier alpha value is -1.93. The molecule has 0 aliphatic rings. The first-order valence-corrected chi connectivity index (χ1v) is 6.69. The van der Waals surface area contributed by atoms with Crippen molar-refractivity contribution in [1.29, 1.82) is 0 Å². The molecule has 0 saturated heterocycles. The number of aromatic nitrogens is 3. The fourth-order valence-corrected chi connectivity index (χ4v) is 1.73. The number of halogens is 1. The summed E-state index contributed by atoms with van der Waals surface area (Å²) in [4.78, 5) is 12.1. The fraction of sp³-hybridized carbons (Fsp3) is 0.250. The van der Waals surface area contributed by atoms with Crippen LogP contribution in [0.2, 0.25) is 0 Å². The third-order valence-electron chi connectivity index (χ3n) is 2.07. The number of hydrogen-bond acceptors (Lipinski definition) is 7. The summed E-state index contributed by atoms with van der Waals surface area (Å²) in [6.45, 7) is 3.74. The van der Waals surface area contributed by atoms with Gasteiger partial charge in [0.1, 0.15) is 5.75 Å². The van der Waals surface area contributed by atoms with Crippen LogP contribution in [0.3, 0.4) is 0 Å². The molecule has 1 aromatic carbocycles. The minimum absolute atomic E-state index is 0.0678. The van der Waals surface area contributed by atoms with Gasteiger partial charge in [0.15, 0.2) is 0 Å². The molecule has 20 heavy (non-hydrogen) atoms. The molecule has 0 amide bonds. The van der Waals surface area contributed by atoms with Gasteiger partial charge in [-0.1, -0.05) is 22.0 Å². The summed E-state index contributed by atoms with van der Waals surface area (Å²) in [5.41, 5.74) is 2.35. The highest BCUT2D eigenvalue weighted by Crippen LogP contribution is 2.23. The molecule has 2 rings (SSSR count). The summed E-state index contributed by atoms with van der Waals surface area (Å²) in [6.07, 6.45) is -0.0678. The summed E-state index contributed by atoms with van der Waals surface area (Å²) in [6, 6.07) is 7.55. The summed E-state index contributed by atoms with van der Waals surface area (Å²) in [7, 11) is 0. The third kappa shape index (κ3) is 4.04. The Kier molecular flexibility index (Phi) is 4.70. The maximum atomic E-state index is 5.56. The van der Waals surface area contributed by atoms with Crippen LogP contribution in [0.1, 0.15) is 13.8 Å². The zero-order chi connectivity index (χ0) is 14.5. The molecule has 1 heterocycles. The highest BCUT2D eigenvalue weighted by atomic mass is 79.9. The third-order valence-corrected chi connectivity index (χ3v) is 2.56. The van der Waals surface area contributed by atoms with Crippen molar-refractivity contribution in [1.82, 2.24) is 15.0 Å². The molecule has 0 bridgehead atoms. The van der Waals surface area contributed by atoms with Gasteiger partial charge in [0, 0.05) is 4.47 Å². The van der Waals surface area contributed by atoms with Gasteiger partial charge < -0.3 is 9.47 Å². The Morgan fingerprint density at radius 2 is 1.95 bits per heavy atom. The lowest BCUT2D eigenvalue weighted by molar-refractivity contribution is 0.218. The van der Waals surface area contributed by atoms with Gasteiger partial charge in [-0.2, -0.15) is 9.97 Å². The Morgan fingerprint density at radius 1 is 1.20 bits per heavy atom. The van der Waals surface area contributed by atoms with Crippen molar-refractivity contribution in [2.75, 3.05) is 5.43 Å². The normalized spacial score (nSPS) is 10.4. The number of rotatable bonds is 5. The van der Waals surface area contributed by atoms with Crippen LogP contribution in [0.25, 0.3) is 0 Å². The van der Waals surface area contributed by atoms with Crippen LogP contribution in [0.4, 0.5) is 5.95 Å². The Morgan fingerprint density at radius 3 is 2.60 bits per heavy atom. The SMILES string of the molecule is CC(C)Oc1nc(NN)nc(Oc2cccc(Br)c2)n1. The number of anilines is 1. The molecule has 0 aliphatic carbocycles. The molecular weight excluding hydrogens is 326 g/mol. The van der Waals surface area contributed by atoms with Gasteiger partial charge in [-0.3, -0.25) is 5.43 Å². The van der Waals surface area contributed by atoms with Gasteiger partial charge >= 0.3 is 12.0 Å². The molecule has 1 aromatic heterocycles. The number of nitrogen functional groups attached to an aromatic ring is 1. The Bertz CT molecular complexity index is 594. The standard InChI is InChI=1S/C12H14BrN5O2/c1-7(2)19-11-15-10(18-14)16-12(17-11)20-9-5-3-4-8(13)6-9/h3-7H,14H2,1-2H3,(H,15,16,17,18). The van der Waals surface area contributed by atoms with E-state index in [1.165, 1.54) is 0 Å². The molecule has 0 radical (unpaired) electrons. The summed E-state index contributed by atoms with van der Waals surface area (Å²) < 4.78 is 11.9. The maximum absolute atomic E-state index is 5.56. The second kappa shape index (κ2) is 6.49. The molecule has 7 nitrogen and oxygen atoms in total. The van der Waals surface area contributed by atoms with Crippen molar-refractivity contribution in [3.63, 3.8) is 0 Å². The Balaban J connectivity index is 2.26. The molecule has 0 unspecified atom stereocenters. The number of hydrogen-bond donors (Lipinski definition) is 2. The number of ether oxygens (including phenoxy) is 2. The largest absolute Gasteiger partial charge is 0.461 e. The number of hydrazine groups is 1. The van der Waals surface area contributed by atoms with E-state index in [2.05, 4.69) is 36.3 Å². The van der Waals surface area contributed by atoms with E-state index < -0.39 is 0 Å². The van der Waals surface area contributed by atoms with E-state index >= 15 is 0 Å². The van der Waals surface area contributed by atoms with Crippen molar-refractivity contribution < 1.29 is 9.47 Å². The first kappa shape index (κ1) is 14.5. The van der Waals surface area contributed by atoms with E-state index in [-0.39, 0.29) is 24.1 Å². The number of benzene rings is 1. The lowest BCUT2D eigenvalue weighted by atomic mass is 10.3. The van der Waals surface area contributed by atoms with E-state index in [0.717, 1.165) is 4.47 Å². The zero-order valence-corrected chi connectivity index (χ0v) is 12.6. The van der Waals surface area contributed by atoms with Gasteiger partial charge in [0.25, 0.3) is 0 Å². The van der Waals surface area contributed by atoms with Crippen LogP contribution < -0.4 is 20.7 Å². The highest BCUT2D eigenvalue weighted by molar-refractivity contribution is 9.10. The summed E-state index contributed by atoms with van der Waals surface area (Å²) >= 11 is 3.36. The van der Waals surface area contributed by atoms with Gasteiger partial charge in [0.05, 0.1) is 6.10 Å². The van der Waals surface area contributed by atoms with Crippen LogP contribution in [0.15, 0.2) is 28.7 Å². The summed E-state index contributed by atoms with van der Waals surface area (Å²) in [5.74, 6) is 6.07. The van der Waals surface area contributed by atoms with Crippen molar-refractivity contribution in [3.05, 3.63) is 28.7 Å². The molecule has 0 fully saturated rings. The quantitative estimate of drug-likeness (QED) is 0.638. The van der Waals surface area contributed by atoms with Gasteiger partial charge in [-0.25, -0.2) is 5.84 Å². The smallest absolute Gasteiger partial charge is 0.330 e. The van der Waals surface area contributed by atoms with E-state index in [1.54, 1.807) is 12.1 Å². The molecule has 0 saturated carbocycles. The lowest BCUT2D eigenvalue weighted by Crippen LogP contribution is -2.14. The van der Waals surface area contributed by atoms with Crippen molar-refractivity contribution in [2.24, 2.45) is 5.84 Å². The molecule has 0 atom stereocenters. The first-order valence-electron chi connectivity index (χ1n) is 5.89. The molecule has 2 aromatic rings. The monoisotopic (exact) mass is 339 g/mol. The molecule has 3 N–H and O–H groups in total. The Labute approximate surface area is 124 Å². The second-order valence-corrected chi connectivity index (χ2v) is 5.01. The van der Waals surface area contributed by atoms with E-state index in [9.17, 15) is 0 Å². The minimum atomic E-state index is -0.0678. The van der Waals surface area contributed by atoms with Crippen LogP contribution in [0, 0.1) is 0 Å². The first-order chi connectivity index (χ1) is 9.56. The lowest BCUT2D eigenvalue weighted by Gasteiger charge is -2.10. The van der Waals surface area contributed by atoms with Crippen LogP contribution >= 0.6 is 15.9 Å². The predicted octanol–water partition coefficient (Wildman–Crippen LogP) is 2.50. The topological polar surface area (TPSA) is 95.2 Å². The number of nitrogens with one attached hydrogen (secondary N) is 1.